The maximum Gasteiger partial charge on any atom is 0.234 e. The molecule has 0 aliphatic carbocycles. The van der Waals surface area contributed by atoms with Crippen LogP contribution in [-0.2, 0) is 4.79 Å². The minimum Gasteiger partial charge on any atom is -0.399 e. The van der Waals surface area contributed by atoms with Crippen LogP contribution in [0.5, 0.6) is 0 Å². The number of hydrogen-bond acceptors (Lipinski definition) is 4. The second-order valence-electron chi connectivity index (χ2n) is 3.81. The van der Waals surface area contributed by atoms with E-state index in [1.807, 2.05) is 13.0 Å². The molecule has 0 aliphatic heterocycles. The summed E-state index contributed by atoms with van der Waals surface area (Å²) in [6.07, 6.45) is 3.38. The summed E-state index contributed by atoms with van der Waals surface area (Å²) in [5, 5.41) is 3.58. The van der Waals surface area contributed by atoms with Crippen LogP contribution in [0.4, 0.5) is 11.4 Å². The largest absolute Gasteiger partial charge is 0.399 e. The molecule has 0 bridgehead atoms. The summed E-state index contributed by atoms with van der Waals surface area (Å²) in [7, 11) is 0. The molecule has 2 rings (SSSR count). The number of rotatable bonds is 4. The van der Waals surface area contributed by atoms with Gasteiger partial charge >= 0.3 is 0 Å². The zero-order valence-corrected chi connectivity index (χ0v) is 10.8. The van der Waals surface area contributed by atoms with E-state index >= 15 is 0 Å². The highest BCUT2D eigenvalue weighted by atomic mass is 32.2. The lowest BCUT2D eigenvalue weighted by atomic mass is 10.2. The van der Waals surface area contributed by atoms with E-state index in [0.717, 1.165) is 16.4 Å². The van der Waals surface area contributed by atoms with Crippen LogP contribution in [-0.4, -0.2) is 21.6 Å². The SMILES string of the molecule is Cc1cc(N)ccc1NC(=O)CSc1ncc[nH]1. The predicted octanol–water partition coefficient (Wildman–Crippen LogP) is 2.03. The van der Waals surface area contributed by atoms with Crippen molar-refractivity contribution in [2.75, 3.05) is 16.8 Å². The molecule has 0 spiro atoms. The molecule has 94 valence electrons. The van der Waals surface area contributed by atoms with E-state index in [9.17, 15) is 4.79 Å². The molecule has 6 heteroatoms. The Bertz CT molecular complexity index is 539. The van der Waals surface area contributed by atoms with Crippen LogP contribution >= 0.6 is 11.8 Å². The van der Waals surface area contributed by atoms with Crippen LogP contribution in [0.3, 0.4) is 0 Å². The number of nitrogens with zero attached hydrogens (tertiary/aromatic N) is 1. The van der Waals surface area contributed by atoms with Gasteiger partial charge in [-0.1, -0.05) is 11.8 Å². The lowest BCUT2D eigenvalue weighted by Gasteiger charge is -2.08. The average Bonchev–Trinajstić information content (AvgIpc) is 2.83. The Balaban J connectivity index is 1.91. The monoisotopic (exact) mass is 262 g/mol. The van der Waals surface area contributed by atoms with Gasteiger partial charge in [0.25, 0.3) is 0 Å². The van der Waals surface area contributed by atoms with Crippen molar-refractivity contribution in [2.24, 2.45) is 0 Å². The first-order valence-electron chi connectivity index (χ1n) is 5.43. The Morgan fingerprint density at radius 1 is 1.56 bits per heavy atom. The minimum atomic E-state index is -0.0655. The Kier molecular flexibility index (Phi) is 3.88. The second-order valence-corrected chi connectivity index (χ2v) is 4.77. The molecule has 0 unspecified atom stereocenters. The number of benzene rings is 1. The number of nitrogen functional groups attached to an aromatic ring is 1. The molecule has 5 nitrogen and oxygen atoms in total. The van der Waals surface area contributed by atoms with Crippen molar-refractivity contribution < 1.29 is 4.79 Å². The van der Waals surface area contributed by atoms with Crippen molar-refractivity contribution in [1.29, 1.82) is 0 Å². The highest BCUT2D eigenvalue weighted by molar-refractivity contribution is 7.99. The van der Waals surface area contributed by atoms with E-state index in [1.54, 1.807) is 24.5 Å². The first-order valence-corrected chi connectivity index (χ1v) is 6.42. The molecule has 0 aliphatic rings. The van der Waals surface area contributed by atoms with Crippen molar-refractivity contribution >= 4 is 29.0 Å². The van der Waals surface area contributed by atoms with E-state index < -0.39 is 0 Å². The fourth-order valence-corrected chi connectivity index (χ4v) is 2.10. The number of H-pyrrole nitrogens is 1. The van der Waals surface area contributed by atoms with Gasteiger partial charge in [0.05, 0.1) is 5.75 Å². The van der Waals surface area contributed by atoms with Gasteiger partial charge in [-0.05, 0) is 30.7 Å². The number of aryl methyl sites for hydroxylation is 1. The van der Waals surface area contributed by atoms with Gasteiger partial charge in [0.2, 0.25) is 5.91 Å². The van der Waals surface area contributed by atoms with Crippen molar-refractivity contribution in [1.82, 2.24) is 9.97 Å². The van der Waals surface area contributed by atoms with Gasteiger partial charge < -0.3 is 16.0 Å². The van der Waals surface area contributed by atoms with E-state index in [1.165, 1.54) is 11.8 Å². The second kappa shape index (κ2) is 5.59. The van der Waals surface area contributed by atoms with Gasteiger partial charge in [-0.15, -0.1) is 0 Å². The maximum atomic E-state index is 11.7. The Morgan fingerprint density at radius 3 is 3.06 bits per heavy atom. The van der Waals surface area contributed by atoms with Gasteiger partial charge in [-0.2, -0.15) is 0 Å². The third-order valence-electron chi connectivity index (χ3n) is 2.34. The highest BCUT2D eigenvalue weighted by Gasteiger charge is 2.06. The van der Waals surface area contributed by atoms with Gasteiger partial charge in [-0.3, -0.25) is 4.79 Å². The zero-order chi connectivity index (χ0) is 13.0. The third-order valence-corrected chi connectivity index (χ3v) is 3.24. The molecule has 1 aromatic carbocycles. The van der Waals surface area contributed by atoms with Crippen LogP contribution in [0.2, 0.25) is 0 Å². The number of nitrogens with two attached hydrogens (primary N) is 1. The number of nitrogens with one attached hydrogen (secondary N) is 2. The summed E-state index contributed by atoms with van der Waals surface area (Å²) in [6.45, 7) is 1.91. The minimum absolute atomic E-state index is 0.0655. The normalized spacial score (nSPS) is 10.3. The molecule has 0 atom stereocenters. The number of thioether (sulfide) groups is 1. The highest BCUT2D eigenvalue weighted by Crippen LogP contribution is 2.18. The van der Waals surface area contributed by atoms with Crippen molar-refractivity contribution in [2.45, 2.75) is 12.1 Å². The summed E-state index contributed by atoms with van der Waals surface area (Å²) in [6, 6.07) is 5.40. The fourth-order valence-electron chi connectivity index (χ4n) is 1.48. The van der Waals surface area contributed by atoms with E-state index in [4.69, 9.17) is 5.73 Å². The summed E-state index contributed by atoms with van der Waals surface area (Å²) in [4.78, 5) is 18.7. The van der Waals surface area contributed by atoms with E-state index in [-0.39, 0.29) is 5.91 Å². The average molecular weight is 262 g/mol. The molecule has 0 saturated heterocycles. The van der Waals surface area contributed by atoms with Crippen LogP contribution in [0.25, 0.3) is 0 Å². The molecule has 2 aromatic rings. The first kappa shape index (κ1) is 12.5. The lowest BCUT2D eigenvalue weighted by molar-refractivity contribution is -0.113. The number of carbonyl (C=O) groups is 1. The molecule has 18 heavy (non-hydrogen) atoms. The maximum absolute atomic E-state index is 11.7. The van der Waals surface area contributed by atoms with Gasteiger partial charge in [0.1, 0.15) is 0 Å². The van der Waals surface area contributed by atoms with Crippen LogP contribution < -0.4 is 11.1 Å². The van der Waals surface area contributed by atoms with Crippen LogP contribution in [0, 0.1) is 6.92 Å². The van der Waals surface area contributed by atoms with E-state index in [0.29, 0.717) is 11.4 Å². The number of imidazole rings is 1. The van der Waals surface area contributed by atoms with E-state index in [2.05, 4.69) is 15.3 Å². The standard InChI is InChI=1S/C12H14N4OS/c1-8-6-9(13)2-3-10(8)16-11(17)7-18-12-14-4-5-15-12/h2-6H,7,13H2,1H3,(H,14,15)(H,16,17). The molecule has 0 fully saturated rings. The topological polar surface area (TPSA) is 83.8 Å². The van der Waals surface area contributed by atoms with Gasteiger partial charge in [0, 0.05) is 23.8 Å². The summed E-state index contributed by atoms with van der Waals surface area (Å²) >= 11 is 1.36. The quantitative estimate of drug-likeness (QED) is 0.581. The third kappa shape index (κ3) is 3.27. The lowest BCUT2D eigenvalue weighted by Crippen LogP contribution is -2.15. The number of aromatic nitrogens is 2. The summed E-state index contributed by atoms with van der Waals surface area (Å²) in [5.74, 6) is 0.251. The Labute approximate surface area is 109 Å². The first-order chi connectivity index (χ1) is 8.65. The molecule has 0 saturated carbocycles. The van der Waals surface area contributed by atoms with Crippen molar-refractivity contribution in [3.63, 3.8) is 0 Å². The van der Waals surface area contributed by atoms with Gasteiger partial charge in [0.15, 0.2) is 5.16 Å². The molecule has 1 aromatic heterocycles. The summed E-state index contributed by atoms with van der Waals surface area (Å²) < 4.78 is 0. The zero-order valence-electron chi connectivity index (χ0n) is 9.93. The number of hydrogen-bond donors (Lipinski definition) is 3. The molecule has 0 radical (unpaired) electrons. The fraction of sp³-hybridized carbons (Fsp3) is 0.167. The van der Waals surface area contributed by atoms with Crippen molar-refractivity contribution in [3.8, 4) is 0 Å². The van der Waals surface area contributed by atoms with Crippen LogP contribution in [0.1, 0.15) is 5.56 Å². The molecular weight excluding hydrogens is 248 g/mol. The molecule has 4 N–H and O–H groups in total. The number of amides is 1. The number of anilines is 2. The van der Waals surface area contributed by atoms with Crippen LogP contribution in [0.15, 0.2) is 35.7 Å². The molecule has 1 heterocycles. The van der Waals surface area contributed by atoms with Crippen molar-refractivity contribution in [3.05, 3.63) is 36.2 Å². The number of aromatic amines is 1. The smallest absolute Gasteiger partial charge is 0.234 e. The summed E-state index contributed by atoms with van der Waals surface area (Å²) in [5.41, 5.74) is 8.08. The van der Waals surface area contributed by atoms with Gasteiger partial charge in [-0.25, -0.2) is 4.98 Å². The Morgan fingerprint density at radius 2 is 2.39 bits per heavy atom. The molecule has 1 amide bonds. The molecular formula is C12H14N4OS. The number of carbonyl (C=O) groups excluding carboxylic acids is 1. The Hall–Kier alpha value is -1.95. The predicted molar refractivity (Wildman–Crippen MR) is 73.5 cm³/mol.